The monoisotopic (exact) mass is 415 g/mol. The Labute approximate surface area is 172 Å². The predicted octanol–water partition coefficient (Wildman–Crippen LogP) is 4.14. The van der Waals surface area contributed by atoms with E-state index in [1.807, 2.05) is 17.5 Å². The Balaban J connectivity index is 1.66. The third-order valence-electron chi connectivity index (χ3n) is 4.47. The van der Waals surface area contributed by atoms with Crippen molar-refractivity contribution in [2.24, 2.45) is 5.92 Å². The molecule has 2 aromatic rings. The Kier molecular flexibility index (Phi) is 6.49. The minimum absolute atomic E-state index is 0.226. The van der Waals surface area contributed by atoms with Crippen LogP contribution in [0.4, 0.5) is 9.80 Å². The zero-order valence-electron chi connectivity index (χ0n) is 15.7. The number of hydrogen-bond donors (Lipinski definition) is 1. The van der Waals surface area contributed by atoms with Crippen molar-refractivity contribution in [1.82, 2.24) is 4.90 Å². The van der Waals surface area contributed by atoms with Crippen LogP contribution in [0.2, 0.25) is 0 Å². The Morgan fingerprint density at radius 2 is 2.29 bits per heavy atom. The van der Waals surface area contributed by atoms with Gasteiger partial charge >= 0.3 is 6.09 Å². The fraction of sp³-hybridized carbons (Fsp3) is 0.350. The minimum atomic E-state index is -0.347. The molecule has 0 saturated carbocycles. The van der Waals surface area contributed by atoms with Crippen molar-refractivity contribution >= 4 is 45.8 Å². The second-order valence-electron chi connectivity index (χ2n) is 6.74. The molecule has 2 heterocycles. The fourth-order valence-corrected chi connectivity index (χ4v) is 4.95. The van der Waals surface area contributed by atoms with E-state index in [4.69, 9.17) is 4.74 Å². The number of amides is 2. The van der Waals surface area contributed by atoms with E-state index in [0.717, 1.165) is 34.6 Å². The van der Waals surface area contributed by atoms with E-state index in [0.29, 0.717) is 17.2 Å². The Bertz CT molecular complexity index is 923. The molecule has 0 spiro atoms. The Morgan fingerprint density at radius 1 is 1.46 bits per heavy atom. The summed E-state index contributed by atoms with van der Waals surface area (Å²) in [5.74, 6) is -0.0242. The number of nitriles is 1. The van der Waals surface area contributed by atoms with E-state index >= 15 is 0 Å². The summed E-state index contributed by atoms with van der Waals surface area (Å²) < 4.78 is 5.30. The van der Waals surface area contributed by atoms with E-state index in [-0.39, 0.29) is 17.9 Å². The number of rotatable bonds is 5. The maximum atomic E-state index is 12.2. The molecule has 146 valence electrons. The zero-order chi connectivity index (χ0) is 20.1. The van der Waals surface area contributed by atoms with Gasteiger partial charge in [0.25, 0.3) is 0 Å². The van der Waals surface area contributed by atoms with Crippen molar-refractivity contribution in [1.29, 1.82) is 5.26 Å². The molecule has 1 aliphatic carbocycles. The van der Waals surface area contributed by atoms with E-state index in [9.17, 15) is 14.9 Å². The second-order valence-corrected chi connectivity index (χ2v) is 8.82. The maximum Gasteiger partial charge on any atom is 0.409 e. The number of nitrogens with one attached hydrogen (secondary N) is 1. The van der Waals surface area contributed by atoms with Crippen molar-refractivity contribution in [2.75, 3.05) is 26.0 Å². The average Bonchev–Trinajstić information content (AvgIpc) is 3.31. The van der Waals surface area contributed by atoms with Gasteiger partial charge < -0.3 is 15.0 Å². The first-order valence-corrected chi connectivity index (χ1v) is 10.6. The first kappa shape index (κ1) is 20.1. The highest BCUT2D eigenvalue weighted by Gasteiger charge is 2.27. The fourth-order valence-electron chi connectivity index (χ4n) is 3.02. The topological polar surface area (TPSA) is 82.4 Å². The van der Waals surface area contributed by atoms with Crippen LogP contribution in [-0.2, 0) is 22.4 Å². The smallest absolute Gasteiger partial charge is 0.409 e. The van der Waals surface area contributed by atoms with Crippen LogP contribution < -0.4 is 5.32 Å². The molecule has 0 bridgehead atoms. The molecular formula is C20H21N3O3S2. The third kappa shape index (κ3) is 4.80. The van der Waals surface area contributed by atoms with Crippen LogP contribution in [-0.4, -0.2) is 37.6 Å². The molecule has 0 radical (unpaired) electrons. The predicted molar refractivity (Wildman–Crippen MR) is 112 cm³/mol. The molecule has 3 rings (SSSR count). The van der Waals surface area contributed by atoms with Crippen molar-refractivity contribution in [3.05, 3.63) is 44.5 Å². The number of ether oxygens (including phenoxy) is 1. The van der Waals surface area contributed by atoms with Crippen LogP contribution in [0.1, 0.15) is 27.3 Å². The number of hydrogen-bond acceptors (Lipinski definition) is 6. The van der Waals surface area contributed by atoms with E-state index in [1.54, 1.807) is 31.5 Å². The molecule has 0 aromatic carbocycles. The van der Waals surface area contributed by atoms with Gasteiger partial charge in [-0.25, -0.2) is 4.79 Å². The van der Waals surface area contributed by atoms with Gasteiger partial charge in [-0.15, -0.1) is 22.7 Å². The molecule has 2 amide bonds. The number of thiophene rings is 2. The Morgan fingerprint density at radius 3 is 2.96 bits per heavy atom. The van der Waals surface area contributed by atoms with Crippen LogP contribution >= 0.6 is 22.7 Å². The van der Waals surface area contributed by atoms with E-state index < -0.39 is 0 Å². The van der Waals surface area contributed by atoms with Gasteiger partial charge in [0.2, 0.25) is 5.91 Å². The van der Waals surface area contributed by atoms with Gasteiger partial charge in [-0.3, -0.25) is 4.79 Å². The summed E-state index contributed by atoms with van der Waals surface area (Å²) in [6.07, 6.45) is 5.24. The summed E-state index contributed by atoms with van der Waals surface area (Å²) in [5, 5.41) is 15.0. The van der Waals surface area contributed by atoms with Crippen molar-refractivity contribution in [2.45, 2.75) is 19.3 Å². The quantitative estimate of drug-likeness (QED) is 0.744. The number of carbonyl (C=O) groups is 2. The zero-order valence-corrected chi connectivity index (χ0v) is 17.4. The summed E-state index contributed by atoms with van der Waals surface area (Å²) in [6.45, 7) is 0.363. The van der Waals surface area contributed by atoms with E-state index in [2.05, 4.69) is 11.4 Å². The molecule has 6 nitrogen and oxygen atoms in total. The molecule has 1 atom stereocenters. The first-order chi connectivity index (χ1) is 13.5. The number of nitrogens with zero attached hydrogens (tertiary/aromatic N) is 2. The molecule has 28 heavy (non-hydrogen) atoms. The third-order valence-corrected chi connectivity index (χ3v) is 6.47. The van der Waals surface area contributed by atoms with Gasteiger partial charge in [-0.1, -0.05) is 6.07 Å². The standard InChI is InChI=1S/C20H21N3O3S2/c1-23(2)20(25)26-12-13-5-7-15-16(11-21)19(28-17(15)10-13)22-18(24)8-6-14-4-3-9-27-14/h3-4,6,8-9,13H,5,7,10,12H2,1-2H3,(H,22,24). The normalized spacial score (nSPS) is 15.7. The van der Waals surface area contributed by atoms with Crippen LogP contribution in [0.25, 0.3) is 6.08 Å². The van der Waals surface area contributed by atoms with Crippen molar-refractivity contribution in [3.63, 3.8) is 0 Å². The lowest BCUT2D eigenvalue weighted by molar-refractivity contribution is -0.111. The van der Waals surface area contributed by atoms with Crippen LogP contribution in [0.15, 0.2) is 23.6 Å². The van der Waals surface area contributed by atoms with Gasteiger partial charge in [-0.05, 0) is 48.3 Å². The number of carbonyl (C=O) groups excluding carboxylic acids is 2. The van der Waals surface area contributed by atoms with Gasteiger partial charge in [-0.2, -0.15) is 5.26 Å². The second kappa shape index (κ2) is 9.04. The summed E-state index contributed by atoms with van der Waals surface area (Å²) in [4.78, 5) is 27.3. The average molecular weight is 416 g/mol. The molecule has 8 heteroatoms. The highest BCUT2D eigenvalue weighted by Crippen LogP contribution is 2.39. The van der Waals surface area contributed by atoms with Crippen molar-refractivity contribution in [3.8, 4) is 6.07 Å². The molecule has 0 saturated heterocycles. The van der Waals surface area contributed by atoms with E-state index in [1.165, 1.54) is 22.3 Å². The molecule has 1 N–H and O–H groups in total. The summed E-state index contributed by atoms with van der Waals surface area (Å²) in [7, 11) is 3.31. The number of anilines is 1. The Hall–Kier alpha value is -2.63. The lowest BCUT2D eigenvalue weighted by atomic mass is 9.88. The molecule has 0 fully saturated rings. The lowest BCUT2D eigenvalue weighted by Crippen LogP contribution is -2.27. The molecular weight excluding hydrogens is 394 g/mol. The van der Waals surface area contributed by atoms with Gasteiger partial charge in [0.15, 0.2) is 0 Å². The highest BCUT2D eigenvalue weighted by atomic mass is 32.1. The maximum absolute atomic E-state index is 12.2. The molecule has 0 aliphatic heterocycles. The van der Waals surface area contributed by atoms with Gasteiger partial charge in [0.1, 0.15) is 11.1 Å². The van der Waals surface area contributed by atoms with Crippen LogP contribution in [0.5, 0.6) is 0 Å². The molecule has 1 unspecified atom stereocenters. The minimum Gasteiger partial charge on any atom is -0.449 e. The largest absolute Gasteiger partial charge is 0.449 e. The SMILES string of the molecule is CN(C)C(=O)OCC1CCc2c(sc(NC(=O)C=Cc3cccs3)c2C#N)C1. The first-order valence-electron chi connectivity index (χ1n) is 8.89. The summed E-state index contributed by atoms with van der Waals surface area (Å²) >= 11 is 3.00. The highest BCUT2D eigenvalue weighted by molar-refractivity contribution is 7.16. The van der Waals surface area contributed by atoms with Crippen LogP contribution in [0.3, 0.4) is 0 Å². The lowest BCUT2D eigenvalue weighted by Gasteiger charge is -2.22. The van der Waals surface area contributed by atoms with Gasteiger partial charge in [0.05, 0.1) is 12.2 Å². The van der Waals surface area contributed by atoms with Crippen LogP contribution in [0, 0.1) is 17.2 Å². The summed E-state index contributed by atoms with van der Waals surface area (Å²) in [6, 6.07) is 6.10. The van der Waals surface area contributed by atoms with Crippen molar-refractivity contribution < 1.29 is 14.3 Å². The van der Waals surface area contributed by atoms with Gasteiger partial charge in [0, 0.05) is 29.9 Å². The molecule has 2 aromatic heterocycles. The summed E-state index contributed by atoms with van der Waals surface area (Å²) in [5.41, 5.74) is 1.57. The molecule has 1 aliphatic rings. The number of fused-ring (bicyclic) bond motifs is 1.